The molecule has 2 aliphatic rings. The van der Waals surface area contributed by atoms with Gasteiger partial charge in [-0.3, -0.25) is 4.79 Å². The van der Waals surface area contributed by atoms with Crippen molar-refractivity contribution in [2.24, 2.45) is 5.41 Å². The van der Waals surface area contributed by atoms with E-state index >= 15 is 0 Å². The van der Waals surface area contributed by atoms with Crippen LogP contribution in [0.2, 0.25) is 0 Å². The molecule has 0 radical (unpaired) electrons. The summed E-state index contributed by atoms with van der Waals surface area (Å²) in [7, 11) is 1.87. The van der Waals surface area contributed by atoms with E-state index in [9.17, 15) is 14.7 Å². The number of carboxylic acids is 1. The highest BCUT2D eigenvalue weighted by molar-refractivity contribution is 7.17. The number of nitrogens with one attached hydrogen (secondary N) is 2. The van der Waals surface area contributed by atoms with Gasteiger partial charge in [-0.2, -0.15) is 0 Å². The fourth-order valence-corrected chi connectivity index (χ4v) is 5.11. The van der Waals surface area contributed by atoms with Crippen molar-refractivity contribution in [3.8, 4) is 0 Å². The summed E-state index contributed by atoms with van der Waals surface area (Å²) in [4.78, 5) is 25.7. The number of carbonyl (C=O) groups excluding carboxylic acids is 1. The van der Waals surface area contributed by atoms with E-state index in [-0.39, 0.29) is 11.3 Å². The lowest BCUT2D eigenvalue weighted by atomic mass is 9.76. The minimum absolute atomic E-state index is 0.105. The number of aryl methyl sites for hydroxylation is 1. The van der Waals surface area contributed by atoms with E-state index in [1.165, 1.54) is 11.3 Å². The lowest BCUT2D eigenvalue weighted by Crippen LogP contribution is -2.23. The van der Waals surface area contributed by atoms with Crippen LogP contribution in [-0.2, 0) is 17.6 Å². The van der Waals surface area contributed by atoms with Crippen LogP contribution in [0.3, 0.4) is 0 Å². The zero-order valence-electron chi connectivity index (χ0n) is 15.1. The van der Waals surface area contributed by atoms with Gasteiger partial charge in [0.05, 0.1) is 5.56 Å². The Morgan fingerprint density at radius 1 is 1.24 bits per heavy atom. The van der Waals surface area contributed by atoms with Crippen LogP contribution in [0.25, 0.3) is 0 Å². The van der Waals surface area contributed by atoms with E-state index < -0.39 is 5.97 Å². The highest BCUT2D eigenvalue weighted by Crippen LogP contribution is 2.44. The summed E-state index contributed by atoms with van der Waals surface area (Å²) in [6.45, 7) is 5.05. The monoisotopic (exact) mass is 362 g/mol. The quantitative estimate of drug-likeness (QED) is 0.748. The number of rotatable bonds is 5. The van der Waals surface area contributed by atoms with Crippen molar-refractivity contribution in [1.82, 2.24) is 5.32 Å². The Morgan fingerprint density at radius 2 is 2.00 bits per heavy atom. The van der Waals surface area contributed by atoms with Crippen LogP contribution in [0.4, 0.5) is 5.00 Å². The van der Waals surface area contributed by atoms with Crippen molar-refractivity contribution in [3.05, 3.63) is 27.2 Å². The average Bonchev–Trinajstić information content (AvgIpc) is 3.10. The molecule has 1 aromatic rings. The molecule has 1 amide bonds. The number of likely N-dealkylation sites (N-methyl/N-ethyl adjacent to an activating group) is 1. The van der Waals surface area contributed by atoms with Gasteiger partial charge in [-0.05, 0) is 62.1 Å². The molecule has 0 bridgehead atoms. The van der Waals surface area contributed by atoms with Gasteiger partial charge in [0.1, 0.15) is 5.00 Å². The molecule has 0 fully saturated rings. The van der Waals surface area contributed by atoms with Gasteiger partial charge in [-0.1, -0.05) is 13.8 Å². The fourth-order valence-electron chi connectivity index (χ4n) is 3.90. The first-order chi connectivity index (χ1) is 11.8. The summed E-state index contributed by atoms with van der Waals surface area (Å²) in [6.07, 6.45) is 5.37. The molecule has 3 N–H and O–H groups in total. The Hall–Kier alpha value is -1.66. The maximum atomic E-state index is 12.7. The van der Waals surface area contributed by atoms with Crippen LogP contribution in [0, 0.1) is 5.41 Å². The first-order valence-electron chi connectivity index (χ1n) is 8.87. The molecule has 25 heavy (non-hydrogen) atoms. The molecule has 0 aliphatic heterocycles. The second-order valence-corrected chi connectivity index (χ2v) is 8.88. The summed E-state index contributed by atoms with van der Waals surface area (Å²) >= 11 is 1.44. The molecule has 0 saturated carbocycles. The highest BCUT2D eigenvalue weighted by Gasteiger charge is 2.33. The number of hydrogen-bond donors (Lipinski definition) is 3. The second-order valence-electron chi connectivity index (χ2n) is 7.77. The molecule has 0 aromatic carbocycles. The molecule has 0 atom stereocenters. The van der Waals surface area contributed by atoms with E-state index in [1.807, 2.05) is 7.05 Å². The van der Waals surface area contributed by atoms with E-state index in [2.05, 4.69) is 24.5 Å². The number of anilines is 1. The average molecular weight is 362 g/mol. The third kappa shape index (κ3) is 3.65. The standard InChI is InChI=1S/C19H26N2O3S/c1-19(2)8-7-14-13(9-19)15(18(23)24)17(25-14)21-16(22)12-6-4-5-11(12)10-20-3/h20H,4-10H2,1-3H3,(H,21,22)(H,23,24). The van der Waals surface area contributed by atoms with E-state index in [0.717, 1.165) is 60.1 Å². The molecule has 1 heterocycles. The zero-order chi connectivity index (χ0) is 18.2. The van der Waals surface area contributed by atoms with Crippen molar-refractivity contribution in [2.75, 3.05) is 18.9 Å². The molecule has 0 spiro atoms. The zero-order valence-corrected chi connectivity index (χ0v) is 15.9. The van der Waals surface area contributed by atoms with E-state index in [4.69, 9.17) is 0 Å². The highest BCUT2D eigenvalue weighted by atomic mass is 32.1. The Balaban J connectivity index is 1.91. The number of fused-ring (bicyclic) bond motifs is 1. The first-order valence-corrected chi connectivity index (χ1v) is 9.69. The minimum atomic E-state index is -0.943. The molecule has 5 nitrogen and oxygen atoms in total. The van der Waals surface area contributed by atoms with Gasteiger partial charge < -0.3 is 15.7 Å². The Labute approximate surface area is 152 Å². The van der Waals surface area contributed by atoms with Crippen molar-refractivity contribution < 1.29 is 14.7 Å². The van der Waals surface area contributed by atoms with Crippen LogP contribution in [0.5, 0.6) is 0 Å². The maximum Gasteiger partial charge on any atom is 0.339 e. The van der Waals surface area contributed by atoms with Gasteiger partial charge >= 0.3 is 5.97 Å². The van der Waals surface area contributed by atoms with E-state index in [1.54, 1.807) is 0 Å². The number of amides is 1. The summed E-state index contributed by atoms with van der Waals surface area (Å²) in [5, 5.41) is 16.3. The molecule has 0 unspecified atom stereocenters. The fraction of sp³-hybridized carbons (Fsp3) is 0.579. The number of carbonyl (C=O) groups is 2. The number of carboxylic acid groups (broad SMARTS) is 1. The Kier molecular flexibility index (Phi) is 5.02. The topological polar surface area (TPSA) is 78.4 Å². The Bertz CT molecular complexity index is 746. The SMILES string of the molecule is CNCC1=C(C(=O)Nc2sc3c(c2C(=O)O)CC(C)(C)CC3)CCC1. The van der Waals surface area contributed by atoms with Crippen LogP contribution >= 0.6 is 11.3 Å². The first kappa shape index (κ1) is 18.1. The molecular weight excluding hydrogens is 336 g/mol. The molecule has 6 heteroatoms. The summed E-state index contributed by atoms with van der Waals surface area (Å²) < 4.78 is 0. The van der Waals surface area contributed by atoms with Crippen molar-refractivity contribution in [1.29, 1.82) is 0 Å². The van der Waals surface area contributed by atoms with Crippen molar-refractivity contribution in [2.45, 2.75) is 52.4 Å². The maximum absolute atomic E-state index is 12.7. The van der Waals surface area contributed by atoms with E-state index in [0.29, 0.717) is 17.1 Å². The summed E-state index contributed by atoms with van der Waals surface area (Å²) in [5.41, 5.74) is 3.28. The predicted octanol–water partition coefficient (Wildman–Crippen LogP) is 3.60. The molecule has 2 aliphatic carbocycles. The molecule has 136 valence electrons. The predicted molar refractivity (Wildman–Crippen MR) is 101 cm³/mol. The third-order valence-corrected chi connectivity index (χ3v) is 6.42. The van der Waals surface area contributed by atoms with Crippen LogP contribution < -0.4 is 10.6 Å². The molecule has 3 rings (SSSR count). The molecule has 1 aromatic heterocycles. The van der Waals surface area contributed by atoms with Crippen molar-refractivity contribution in [3.63, 3.8) is 0 Å². The van der Waals surface area contributed by atoms with Gasteiger partial charge in [0, 0.05) is 17.0 Å². The van der Waals surface area contributed by atoms with Gasteiger partial charge in [0.25, 0.3) is 5.91 Å². The van der Waals surface area contributed by atoms with Crippen LogP contribution in [-0.4, -0.2) is 30.6 Å². The number of thiophene rings is 1. The second kappa shape index (κ2) is 6.92. The van der Waals surface area contributed by atoms with Gasteiger partial charge in [0.2, 0.25) is 0 Å². The van der Waals surface area contributed by atoms with Gasteiger partial charge in [-0.15, -0.1) is 11.3 Å². The lowest BCUT2D eigenvalue weighted by Gasteiger charge is -2.29. The Morgan fingerprint density at radius 3 is 2.68 bits per heavy atom. The number of aromatic carboxylic acids is 1. The van der Waals surface area contributed by atoms with Crippen molar-refractivity contribution >= 4 is 28.2 Å². The van der Waals surface area contributed by atoms with Gasteiger partial charge in [0.15, 0.2) is 0 Å². The smallest absolute Gasteiger partial charge is 0.339 e. The molecular formula is C19H26N2O3S. The lowest BCUT2D eigenvalue weighted by molar-refractivity contribution is -0.112. The third-order valence-electron chi connectivity index (χ3n) is 5.21. The largest absolute Gasteiger partial charge is 0.478 e. The summed E-state index contributed by atoms with van der Waals surface area (Å²) in [5.74, 6) is -1.08. The number of hydrogen-bond acceptors (Lipinski definition) is 4. The summed E-state index contributed by atoms with van der Waals surface area (Å²) in [6, 6.07) is 0. The van der Waals surface area contributed by atoms with Crippen LogP contribution in [0.1, 0.15) is 60.3 Å². The van der Waals surface area contributed by atoms with Gasteiger partial charge in [-0.25, -0.2) is 4.79 Å². The minimum Gasteiger partial charge on any atom is -0.478 e. The normalized spacial score (nSPS) is 19.0. The van der Waals surface area contributed by atoms with Crippen LogP contribution in [0.15, 0.2) is 11.1 Å². The molecule has 0 saturated heterocycles.